The van der Waals surface area contributed by atoms with Gasteiger partial charge in [0.05, 0.1) is 12.3 Å². The van der Waals surface area contributed by atoms with Crippen molar-refractivity contribution in [2.45, 2.75) is 13.5 Å². The van der Waals surface area contributed by atoms with Gasteiger partial charge in [0.2, 0.25) is 0 Å². The van der Waals surface area contributed by atoms with Crippen LogP contribution in [0.4, 0.5) is 5.69 Å². The number of pyridine rings is 1. The van der Waals surface area contributed by atoms with E-state index in [1.165, 1.54) is 5.56 Å². The van der Waals surface area contributed by atoms with Crippen molar-refractivity contribution < 1.29 is 14.1 Å². The molecule has 0 fully saturated rings. The van der Waals surface area contributed by atoms with Crippen molar-refractivity contribution in [2.75, 3.05) is 11.9 Å². The third-order valence-electron chi connectivity index (χ3n) is 3.78. The minimum absolute atomic E-state index is 0.135. The Morgan fingerprint density at radius 1 is 0.960 bits per heavy atom. The van der Waals surface area contributed by atoms with Crippen molar-refractivity contribution in [1.82, 2.24) is 0 Å². The number of anilines is 1. The zero-order valence-electron chi connectivity index (χ0n) is 14.2. The van der Waals surface area contributed by atoms with Gasteiger partial charge in [-0.15, -0.1) is 0 Å². The van der Waals surface area contributed by atoms with Crippen LogP contribution in [0.3, 0.4) is 0 Å². The van der Waals surface area contributed by atoms with E-state index >= 15 is 0 Å². The van der Waals surface area contributed by atoms with Crippen LogP contribution >= 0.6 is 0 Å². The van der Waals surface area contributed by atoms with E-state index in [2.05, 4.69) is 22.0 Å². The van der Waals surface area contributed by atoms with E-state index in [-0.39, 0.29) is 5.91 Å². The highest BCUT2D eigenvalue weighted by Gasteiger charge is 2.08. The summed E-state index contributed by atoms with van der Waals surface area (Å²) in [6.45, 7) is 3.34. The van der Waals surface area contributed by atoms with E-state index in [0.29, 0.717) is 12.2 Å². The van der Waals surface area contributed by atoms with Gasteiger partial charge in [0, 0.05) is 23.3 Å². The van der Waals surface area contributed by atoms with E-state index in [1.807, 2.05) is 49.6 Å². The number of hydrogen-bond donors (Lipinski definition) is 1. The molecule has 1 heterocycles. The van der Waals surface area contributed by atoms with Gasteiger partial charge in [-0.25, -0.2) is 4.57 Å². The largest absolute Gasteiger partial charge is 0.494 e. The molecule has 0 aliphatic rings. The zero-order valence-corrected chi connectivity index (χ0v) is 14.2. The molecule has 0 atom stereocenters. The highest BCUT2D eigenvalue weighted by molar-refractivity contribution is 6.04. The van der Waals surface area contributed by atoms with Crippen molar-refractivity contribution in [2.24, 2.45) is 0 Å². The SMILES string of the molecule is CCOc1ccc(C(=O)Nc2cc[n+](Cc3ccccc3)cc2)cc1. The van der Waals surface area contributed by atoms with Crippen LogP contribution in [0.25, 0.3) is 0 Å². The minimum atomic E-state index is -0.135. The second-order valence-corrected chi connectivity index (χ2v) is 5.66. The molecule has 0 aliphatic carbocycles. The third kappa shape index (κ3) is 4.67. The predicted octanol–water partition coefficient (Wildman–Crippen LogP) is 3.67. The van der Waals surface area contributed by atoms with E-state index in [1.54, 1.807) is 24.3 Å². The maximum absolute atomic E-state index is 12.3. The normalized spacial score (nSPS) is 10.3. The standard InChI is InChI=1S/C21H20N2O2/c1-2-25-20-10-8-18(9-11-20)21(24)22-19-12-14-23(15-13-19)16-17-6-4-3-5-7-17/h3-15H,2,16H2,1H3/p+1. The number of benzene rings is 2. The summed E-state index contributed by atoms with van der Waals surface area (Å²) in [5, 5.41) is 2.91. The molecule has 1 N–H and O–H groups in total. The van der Waals surface area contributed by atoms with Crippen molar-refractivity contribution in [3.8, 4) is 5.75 Å². The fourth-order valence-corrected chi connectivity index (χ4v) is 2.51. The summed E-state index contributed by atoms with van der Waals surface area (Å²) < 4.78 is 7.46. The van der Waals surface area contributed by atoms with Crippen LogP contribution in [0.2, 0.25) is 0 Å². The van der Waals surface area contributed by atoms with Crippen LogP contribution in [0.1, 0.15) is 22.8 Å². The van der Waals surface area contributed by atoms with E-state index in [9.17, 15) is 4.79 Å². The Balaban J connectivity index is 1.61. The Hall–Kier alpha value is -3.14. The lowest BCUT2D eigenvalue weighted by atomic mass is 10.2. The van der Waals surface area contributed by atoms with E-state index in [0.717, 1.165) is 18.0 Å². The van der Waals surface area contributed by atoms with Crippen LogP contribution in [0.15, 0.2) is 79.1 Å². The summed E-state index contributed by atoms with van der Waals surface area (Å²) in [7, 11) is 0. The number of nitrogens with zero attached hydrogens (tertiary/aromatic N) is 1. The summed E-state index contributed by atoms with van der Waals surface area (Å²) in [5.74, 6) is 0.629. The smallest absolute Gasteiger partial charge is 0.255 e. The molecule has 126 valence electrons. The van der Waals surface area contributed by atoms with Crippen molar-refractivity contribution in [3.05, 3.63) is 90.3 Å². The molecular formula is C21H21N2O2+. The number of carbonyl (C=O) groups excluding carboxylic acids is 1. The lowest BCUT2D eigenvalue weighted by molar-refractivity contribution is -0.688. The van der Waals surface area contributed by atoms with Gasteiger partial charge in [-0.05, 0) is 31.2 Å². The van der Waals surface area contributed by atoms with Gasteiger partial charge in [0.25, 0.3) is 5.91 Å². The maximum atomic E-state index is 12.3. The zero-order chi connectivity index (χ0) is 17.5. The fraction of sp³-hybridized carbons (Fsp3) is 0.143. The molecule has 1 amide bonds. The number of aromatic nitrogens is 1. The molecule has 0 saturated heterocycles. The number of nitrogens with one attached hydrogen (secondary N) is 1. The maximum Gasteiger partial charge on any atom is 0.255 e. The average molecular weight is 333 g/mol. The Morgan fingerprint density at radius 3 is 2.28 bits per heavy atom. The first-order chi connectivity index (χ1) is 12.2. The number of carbonyl (C=O) groups is 1. The van der Waals surface area contributed by atoms with Crippen molar-refractivity contribution in [1.29, 1.82) is 0 Å². The minimum Gasteiger partial charge on any atom is -0.494 e. The molecular weight excluding hydrogens is 312 g/mol. The lowest BCUT2D eigenvalue weighted by Crippen LogP contribution is -2.33. The highest BCUT2D eigenvalue weighted by atomic mass is 16.5. The number of hydrogen-bond acceptors (Lipinski definition) is 2. The molecule has 0 unspecified atom stereocenters. The van der Waals surface area contributed by atoms with Crippen molar-refractivity contribution >= 4 is 11.6 Å². The lowest BCUT2D eigenvalue weighted by Gasteiger charge is -2.06. The van der Waals surface area contributed by atoms with Crippen LogP contribution in [0.5, 0.6) is 5.75 Å². The van der Waals surface area contributed by atoms with Gasteiger partial charge in [0.1, 0.15) is 5.75 Å². The molecule has 25 heavy (non-hydrogen) atoms. The molecule has 0 aliphatic heterocycles. The molecule has 0 radical (unpaired) electrons. The van der Waals surface area contributed by atoms with Crippen molar-refractivity contribution in [3.63, 3.8) is 0 Å². The molecule has 0 bridgehead atoms. The first-order valence-electron chi connectivity index (χ1n) is 8.32. The summed E-state index contributed by atoms with van der Waals surface area (Å²) in [4.78, 5) is 12.3. The van der Waals surface area contributed by atoms with Gasteiger partial charge in [-0.1, -0.05) is 30.3 Å². The Bertz CT molecular complexity index is 813. The van der Waals surface area contributed by atoms with Crippen LogP contribution in [0, 0.1) is 0 Å². The molecule has 1 aromatic heterocycles. The summed E-state index contributed by atoms with van der Waals surface area (Å²) in [5.41, 5.74) is 2.60. The Morgan fingerprint density at radius 2 is 1.64 bits per heavy atom. The van der Waals surface area contributed by atoms with Gasteiger partial charge < -0.3 is 10.1 Å². The van der Waals surface area contributed by atoms with Crippen LogP contribution in [-0.2, 0) is 6.54 Å². The van der Waals surface area contributed by atoms with Crippen LogP contribution < -0.4 is 14.6 Å². The fourth-order valence-electron chi connectivity index (χ4n) is 2.51. The molecule has 2 aromatic carbocycles. The third-order valence-corrected chi connectivity index (χ3v) is 3.78. The average Bonchev–Trinajstić information content (AvgIpc) is 2.65. The first-order valence-corrected chi connectivity index (χ1v) is 8.32. The molecule has 3 rings (SSSR count). The summed E-state index contributed by atoms with van der Waals surface area (Å²) in [6, 6.07) is 21.2. The molecule has 0 saturated carbocycles. The molecule has 3 aromatic rings. The van der Waals surface area contributed by atoms with Gasteiger partial charge in [-0.2, -0.15) is 0 Å². The summed E-state index contributed by atoms with van der Waals surface area (Å²) >= 11 is 0. The summed E-state index contributed by atoms with van der Waals surface area (Å²) in [6.07, 6.45) is 3.92. The van der Waals surface area contributed by atoms with Crippen LogP contribution in [-0.4, -0.2) is 12.5 Å². The van der Waals surface area contributed by atoms with Gasteiger partial charge >= 0.3 is 0 Å². The number of ether oxygens (including phenoxy) is 1. The van der Waals surface area contributed by atoms with Gasteiger partial charge in [0.15, 0.2) is 18.9 Å². The Kier molecular flexibility index (Phi) is 5.42. The van der Waals surface area contributed by atoms with Gasteiger partial charge in [-0.3, -0.25) is 4.79 Å². The topological polar surface area (TPSA) is 42.2 Å². The molecule has 0 spiro atoms. The second-order valence-electron chi connectivity index (χ2n) is 5.66. The first kappa shape index (κ1) is 16.7. The van der Waals surface area contributed by atoms with E-state index in [4.69, 9.17) is 4.74 Å². The molecule has 4 heteroatoms. The Labute approximate surface area is 147 Å². The van der Waals surface area contributed by atoms with E-state index < -0.39 is 0 Å². The highest BCUT2D eigenvalue weighted by Crippen LogP contribution is 2.13. The number of amides is 1. The second kappa shape index (κ2) is 8.11. The quantitative estimate of drug-likeness (QED) is 0.699. The predicted molar refractivity (Wildman–Crippen MR) is 97.7 cm³/mol. The molecule has 4 nitrogen and oxygen atoms in total. The monoisotopic (exact) mass is 333 g/mol. The number of rotatable bonds is 6.